The zero-order valence-electron chi connectivity index (χ0n) is 12.0. The molecule has 1 saturated heterocycles. The summed E-state index contributed by atoms with van der Waals surface area (Å²) in [5, 5.41) is 11.8. The van der Waals surface area contributed by atoms with Crippen molar-refractivity contribution in [3.63, 3.8) is 0 Å². The van der Waals surface area contributed by atoms with Crippen LogP contribution in [0, 0.1) is 0 Å². The van der Waals surface area contributed by atoms with Crippen LogP contribution in [0.25, 0.3) is 0 Å². The number of morpholine rings is 1. The SMILES string of the molecule is CC(NC(=O)c1ccccc1)C(=O)N1CCOC(CO)C1. The number of nitrogens with one attached hydrogen (secondary N) is 1. The third-order valence-corrected chi connectivity index (χ3v) is 3.41. The number of nitrogens with zero attached hydrogens (tertiary/aromatic N) is 1. The molecule has 2 amide bonds. The molecule has 1 fully saturated rings. The van der Waals surface area contributed by atoms with E-state index in [0.29, 0.717) is 25.3 Å². The Morgan fingerprint density at radius 3 is 2.81 bits per heavy atom. The number of amides is 2. The Hall–Kier alpha value is -1.92. The molecule has 0 aromatic heterocycles. The molecule has 1 aromatic rings. The maximum atomic E-state index is 12.3. The van der Waals surface area contributed by atoms with Gasteiger partial charge in [-0.1, -0.05) is 18.2 Å². The van der Waals surface area contributed by atoms with Crippen molar-refractivity contribution in [1.29, 1.82) is 0 Å². The first-order chi connectivity index (χ1) is 10.1. The van der Waals surface area contributed by atoms with Crippen LogP contribution in [-0.2, 0) is 9.53 Å². The van der Waals surface area contributed by atoms with Crippen molar-refractivity contribution in [1.82, 2.24) is 10.2 Å². The van der Waals surface area contributed by atoms with E-state index in [1.54, 1.807) is 36.1 Å². The van der Waals surface area contributed by atoms with Crippen molar-refractivity contribution in [3.05, 3.63) is 35.9 Å². The number of aliphatic hydroxyl groups excluding tert-OH is 1. The van der Waals surface area contributed by atoms with E-state index in [1.807, 2.05) is 6.07 Å². The minimum Gasteiger partial charge on any atom is -0.394 e. The first-order valence-electron chi connectivity index (χ1n) is 6.99. The number of hydrogen-bond donors (Lipinski definition) is 2. The monoisotopic (exact) mass is 292 g/mol. The van der Waals surface area contributed by atoms with Crippen LogP contribution in [0.4, 0.5) is 0 Å². The summed E-state index contributed by atoms with van der Waals surface area (Å²) < 4.78 is 5.31. The van der Waals surface area contributed by atoms with Crippen molar-refractivity contribution < 1.29 is 19.4 Å². The predicted molar refractivity (Wildman–Crippen MR) is 76.8 cm³/mol. The molecule has 21 heavy (non-hydrogen) atoms. The van der Waals surface area contributed by atoms with Crippen molar-refractivity contribution in [2.75, 3.05) is 26.3 Å². The lowest BCUT2D eigenvalue weighted by Gasteiger charge is -2.33. The third-order valence-electron chi connectivity index (χ3n) is 3.41. The quantitative estimate of drug-likeness (QED) is 0.820. The molecular formula is C15H20N2O4. The van der Waals surface area contributed by atoms with Gasteiger partial charge in [0.1, 0.15) is 6.04 Å². The van der Waals surface area contributed by atoms with E-state index in [-0.39, 0.29) is 24.5 Å². The summed E-state index contributed by atoms with van der Waals surface area (Å²) in [7, 11) is 0. The second kappa shape index (κ2) is 7.19. The van der Waals surface area contributed by atoms with Crippen LogP contribution < -0.4 is 5.32 Å². The Morgan fingerprint density at radius 1 is 1.43 bits per heavy atom. The van der Waals surface area contributed by atoms with E-state index in [9.17, 15) is 9.59 Å². The highest BCUT2D eigenvalue weighted by atomic mass is 16.5. The molecule has 6 heteroatoms. The summed E-state index contributed by atoms with van der Waals surface area (Å²) in [4.78, 5) is 25.9. The Bertz CT molecular complexity index is 492. The molecule has 1 aliphatic heterocycles. The fourth-order valence-corrected chi connectivity index (χ4v) is 2.24. The Labute approximate surface area is 123 Å². The molecule has 114 valence electrons. The molecule has 6 nitrogen and oxygen atoms in total. The molecule has 0 saturated carbocycles. The van der Waals surface area contributed by atoms with Crippen LogP contribution in [0.2, 0.25) is 0 Å². The zero-order chi connectivity index (χ0) is 15.2. The van der Waals surface area contributed by atoms with Crippen LogP contribution in [0.3, 0.4) is 0 Å². The fourth-order valence-electron chi connectivity index (χ4n) is 2.24. The maximum absolute atomic E-state index is 12.3. The third kappa shape index (κ3) is 4.03. The van der Waals surface area contributed by atoms with E-state index in [2.05, 4.69) is 5.32 Å². The molecular weight excluding hydrogens is 272 g/mol. The Balaban J connectivity index is 1.92. The summed E-state index contributed by atoms with van der Waals surface area (Å²) >= 11 is 0. The summed E-state index contributed by atoms with van der Waals surface area (Å²) in [5.74, 6) is -0.440. The van der Waals surface area contributed by atoms with E-state index in [4.69, 9.17) is 9.84 Å². The second-order valence-electron chi connectivity index (χ2n) is 5.02. The first-order valence-corrected chi connectivity index (χ1v) is 6.99. The molecule has 2 atom stereocenters. The number of ether oxygens (including phenoxy) is 1. The minimum absolute atomic E-state index is 0.117. The lowest BCUT2D eigenvalue weighted by Crippen LogP contribution is -2.53. The molecule has 2 rings (SSSR count). The fraction of sp³-hybridized carbons (Fsp3) is 0.467. The summed E-state index contributed by atoms with van der Waals surface area (Å²) in [6.45, 7) is 2.76. The average Bonchev–Trinajstić information content (AvgIpc) is 2.54. The van der Waals surface area contributed by atoms with Gasteiger partial charge in [0.2, 0.25) is 5.91 Å². The number of rotatable bonds is 4. The smallest absolute Gasteiger partial charge is 0.251 e. The highest BCUT2D eigenvalue weighted by Crippen LogP contribution is 2.07. The molecule has 2 N–H and O–H groups in total. The molecule has 0 radical (unpaired) electrons. The van der Waals surface area contributed by atoms with Gasteiger partial charge in [-0.25, -0.2) is 0 Å². The number of carbonyl (C=O) groups is 2. The van der Waals surface area contributed by atoms with Gasteiger partial charge in [-0.15, -0.1) is 0 Å². The molecule has 1 aliphatic rings. The van der Waals surface area contributed by atoms with Crippen LogP contribution in [0.15, 0.2) is 30.3 Å². The highest BCUT2D eigenvalue weighted by molar-refractivity contribution is 5.97. The van der Waals surface area contributed by atoms with Gasteiger partial charge < -0.3 is 20.1 Å². The standard InChI is InChI=1S/C15H20N2O4/c1-11(16-14(19)12-5-3-2-4-6-12)15(20)17-7-8-21-13(9-17)10-18/h2-6,11,13,18H,7-10H2,1H3,(H,16,19). The summed E-state index contributed by atoms with van der Waals surface area (Å²) in [5.41, 5.74) is 0.521. The van der Waals surface area contributed by atoms with Crippen LogP contribution >= 0.6 is 0 Å². The van der Waals surface area contributed by atoms with Crippen molar-refractivity contribution in [2.24, 2.45) is 0 Å². The summed E-state index contributed by atoms with van der Waals surface area (Å²) in [6.07, 6.45) is -0.347. The van der Waals surface area contributed by atoms with Gasteiger partial charge in [-0.2, -0.15) is 0 Å². The maximum Gasteiger partial charge on any atom is 0.251 e. The minimum atomic E-state index is -0.616. The lowest BCUT2D eigenvalue weighted by molar-refractivity contribution is -0.141. The largest absolute Gasteiger partial charge is 0.394 e. The van der Waals surface area contributed by atoms with Gasteiger partial charge >= 0.3 is 0 Å². The van der Waals surface area contributed by atoms with Gasteiger partial charge in [0.15, 0.2) is 0 Å². The van der Waals surface area contributed by atoms with Crippen LogP contribution in [0.5, 0.6) is 0 Å². The molecule has 2 unspecified atom stereocenters. The lowest BCUT2D eigenvalue weighted by atomic mass is 10.2. The Kier molecular flexibility index (Phi) is 5.30. The van der Waals surface area contributed by atoms with E-state index < -0.39 is 6.04 Å². The molecule has 1 heterocycles. The van der Waals surface area contributed by atoms with Crippen LogP contribution in [-0.4, -0.2) is 60.3 Å². The van der Waals surface area contributed by atoms with E-state index in [1.165, 1.54) is 0 Å². The van der Waals surface area contributed by atoms with Gasteiger partial charge in [-0.3, -0.25) is 9.59 Å². The molecule has 0 spiro atoms. The topological polar surface area (TPSA) is 78.9 Å². The van der Waals surface area contributed by atoms with Gasteiger partial charge in [-0.05, 0) is 19.1 Å². The Morgan fingerprint density at radius 2 is 2.14 bits per heavy atom. The molecule has 1 aromatic carbocycles. The second-order valence-corrected chi connectivity index (χ2v) is 5.02. The highest BCUT2D eigenvalue weighted by Gasteiger charge is 2.27. The molecule has 0 aliphatic carbocycles. The van der Waals surface area contributed by atoms with E-state index >= 15 is 0 Å². The average molecular weight is 292 g/mol. The number of carbonyl (C=O) groups excluding carboxylic acids is 2. The van der Waals surface area contributed by atoms with Gasteiger partial charge in [0, 0.05) is 18.7 Å². The predicted octanol–water partition coefficient (Wildman–Crippen LogP) is 0.0246. The number of benzene rings is 1. The van der Waals surface area contributed by atoms with Crippen molar-refractivity contribution in [2.45, 2.75) is 19.1 Å². The zero-order valence-corrected chi connectivity index (χ0v) is 12.0. The van der Waals surface area contributed by atoms with Crippen LogP contribution in [0.1, 0.15) is 17.3 Å². The van der Waals surface area contributed by atoms with Gasteiger partial charge in [0.25, 0.3) is 5.91 Å². The normalized spacial score (nSPS) is 19.9. The molecule has 0 bridgehead atoms. The number of aliphatic hydroxyl groups is 1. The van der Waals surface area contributed by atoms with Crippen molar-refractivity contribution >= 4 is 11.8 Å². The number of hydrogen-bond acceptors (Lipinski definition) is 4. The van der Waals surface area contributed by atoms with E-state index in [0.717, 1.165) is 0 Å². The first kappa shape index (κ1) is 15.5. The van der Waals surface area contributed by atoms with Gasteiger partial charge in [0.05, 0.1) is 19.3 Å². The summed E-state index contributed by atoms with van der Waals surface area (Å²) in [6, 6.07) is 8.15. The van der Waals surface area contributed by atoms with Crippen molar-refractivity contribution in [3.8, 4) is 0 Å².